The molecule has 3 N–H and O–H groups in total. The van der Waals surface area contributed by atoms with Crippen LogP contribution in [-0.4, -0.2) is 144 Å². The van der Waals surface area contributed by atoms with Crippen LogP contribution in [0.2, 0.25) is 0 Å². The van der Waals surface area contributed by atoms with Crippen LogP contribution in [0, 0.1) is 17.3 Å². The van der Waals surface area contributed by atoms with Gasteiger partial charge in [0.05, 0.1) is 79.1 Å². The number of piperidine rings is 2. The SMILES string of the molecule is COCCC(C)(C)OCC(C)(C)C(=O)N1CCC(CNc2cc(OC)c3c4c(OC)c(Br)c(O)c5c(=O)c(NCC6CCN(C(=O)CCC(C)(C)OCC(C)(C)OC)CC6)c6c(c7c(c(OC)c(=O)c2c37)C(C(C)=O)C(C)=C6)c54)CC1. The molecule has 2 saturated heterocycles. The number of ketones is 1. The lowest BCUT2D eigenvalue weighted by atomic mass is 9.80. The number of Topliss-reactive ketones (excluding diaryl/α,β-unsaturated/α-hetero) is 1. The van der Waals surface area contributed by atoms with Gasteiger partial charge < -0.3 is 58.7 Å². The Morgan fingerprint density at radius 2 is 1.26 bits per heavy atom. The first-order valence-corrected chi connectivity index (χ1v) is 29.3. The van der Waals surface area contributed by atoms with E-state index in [1.165, 1.54) is 21.1 Å². The fourth-order valence-electron chi connectivity index (χ4n) is 12.2. The van der Waals surface area contributed by atoms with Crippen molar-refractivity contribution in [3.05, 3.63) is 47.7 Å². The Morgan fingerprint density at radius 1 is 0.679 bits per heavy atom. The summed E-state index contributed by atoms with van der Waals surface area (Å²) >= 11 is 3.62. The van der Waals surface area contributed by atoms with E-state index in [2.05, 4.69) is 26.6 Å². The minimum atomic E-state index is -0.955. The summed E-state index contributed by atoms with van der Waals surface area (Å²) in [5.41, 5.74) is -0.848. The van der Waals surface area contributed by atoms with Crippen molar-refractivity contribution in [1.82, 2.24) is 9.80 Å². The van der Waals surface area contributed by atoms with Gasteiger partial charge >= 0.3 is 0 Å². The number of likely N-dealkylation sites (tertiary alicyclic amines) is 2. The van der Waals surface area contributed by atoms with Crippen LogP contribution < -0.4 is 35.7 Å². The number of nitrogens with zero attached hydrogens (tertiary/aromatic N) is 2. The first kappa shape index (κ1) is 61.5. The number of hydrogen-bond donors (Lipinski definition) is 3. The van der Waals surface area contributed by atoms with E-state index in [0.717, 1.165) is 12.8 Å². The van der Waals surface area contributed by atoms with Gasteiger partial charge in [0.2, 0.25) is 22.7 Å². The van der Waals surface area contributed by atoms with E-state index >= 15 is 9.59 Å². The van der Waals surface area contributed by atoms with Gasteiger partial charge in [0.25, 0.3) is 0 Å². The smallest absolute Gasteiger partial charge is 0.230 e. The molecule has 8 rings (SSSR count). The van der Waals surface area contributed by atoms with Crippen LogP contribution in [0.4, 0.5) is 11.4 Å². The number of allylic oxidation sites excluding steroid dienone is 1. The summed E-state index contributed by atoms with van der Waals surface area (Å²) in [5.74, 6) is -0.597. The Kier molecular flexibility index (Phi) is 18.2. The van der Waals surface area contributed by atoms with Crippen molar-refractivity contribution in [3.8, 4) is 23.0 Å². The van der Waals surface area contributed by atoms with Crippen molar-refractivity contribution in [2.24, 2.45) is 17.3 Å². The Labute approximate surface area is 484 Å². The maximum atomic E-state index is 15.5. The number of phenolic OH excluding ortho intramolecular Hbond substituents is 1. The topological polar surface area (TPSA) is 201 Å². The predicted molar refractivity (Wildman–Crippen MR) is 324 cm³/mol. The second-order valence-corrected chi connectivity index (χ2v) is 25.9. The number of phenols is 1. The maximum Gasteiger partial charge on any atom is 0.230 e. The van der Waals surface area contributed by atoms with Gasteiger partial charge in [-0.25, -0.2) is 0 Å². The summed E-state index contributed by atoms with van der Waals surface area (Å²) in [6, 6.07) is 1.79. The zero-order valence-corrected chi connectivity index (χ0v) is 51.9. The molecule has 0 bridgehead atoms. The fraction of sp³-hybridized carbons (Fsp3) is 0.603. The second kappa shape index (κ2) is 24.0. The molecule has 5 aromatic rings. The average Bonchev–Trinajstić information content (AvgIpc) is 3.57. The quantitative estimate of drug-likeness (QED) is 0.0389. The number of halogens is 1. The Balaban J connectivity index is 1.17. The molecule has 1 atom stereocenters. The van der Waals surface area contributed by atoms with E-state index < -0.39 is 39.0 Å². The predicted octanol–water partition coefficient (Wildman–Crippen LogP) is 10.6. The molecule has 2 heterocycles. The first-order chi connectivity index (χ1) is 38.2. The highest BCUT2D eigenvalue weighted by Crippen LogP contribution is 2.58. The van der Waals surface area contributed by atoms with Gasteiger partial charge in [0.15, 0.2) is 5.75 Å². The van der Waals surface area contributed by atoms with Gasteiger partial charge in [0, 0.05) is 116 Å². The van der Waals surface area contributed by atoms with Crippen LogP contribution in [-0.2, 0) is 33.3 Å². The summed E-state index contributed by atoms with van der Waals surface area (Å²) < 4.78 is 41.9. The summed E-state index contributed by atoms with van der Waals surface area (Å²) in [7, 11) is 7.77. The second-order valence-electron chi connectivity index (χ2n) is 25.2. The Morgan fingerprint density at radius 3 is 1.84 bits per heavy atom. The van der Waals surface area contributed by atoms with Crippen molar-refractivity contribution in [2.45, 2.75) is 137 Å². The number of rotatable bonds is 24. The number of anilines is 2. The molecule has 81 heavy (non-hydrogen) atoms. The minimum absolute atomic E-state index is 0.00369. The number of benzene rings is 5. The number of hydrogen-bond acceptors (Lipinski definition) is 15. The molecule has 2 aliphatic heterocycles. The molecule has 2 amide bonds. The molecule has 0 spiro atoms. The summed E-state index contributed by atoms with van der Waals surface area (Å²) in [4.78, 5) is 76.6. The van der Waals surface area contributed by atoms with Crippen molar-refractivity contribution in [1.29, 1.82) is 0 Å². The normalized spacial score (nSPS) is 16.9. The molecule has 5 aromatic carbocycles. The molecule has 0 aromatic heterocycles. The third-order valence-corrected chi connectivity index (χ3v) is 18.1. The summed E-state index contributed by atoms with van der Waals surface area (Å²) in [6.45, 7) is 23.4. The van der Waals surface area contributed by atoms with Gasteiger partial charge in [-0.05, 0) is 141 Å². The number of aromatic hydroxyl groups is 1. The van der Waals surface area contributed by atoms with E-state index in [9.17, 15) is 19.5 Å². The maximum absolute atomic E-state index is 15.5. The first-order valence-electron chi connectivity index (χ1n) is 28.5. The lowest BCUT2D eigenvalue weighted by molar-refractivity contribution is -0.149. The molecule has 3 aliphatic rings. The monoisotopic (exact) mass is 1180 g/mol. The number of ether oxygens (including phenoxy) is 7. The van der Waals surface area contributed by atoms with Crippen molar-refractivity contribution in [3.63, 3.8) is 0 Å². The van der Waals surface area contributed by atoms with Crippen molar-refractivity contribution >= 4 is 94.1 Å². The summed E-state index contributed by atoms with van der Waals surface area (Å²) in [5, 5.41) is 22.6. The van der Waals surface area contributed by atoms with Crippen LogP contribution >= 0.6 is 15.9 Å². The molecule has 0 radical (unpaired) electrons. The van der Waals surface area contributed by atoms with Crippen LogP contribution in [0.3, 0.4) is 0 Å². The largest absolute Gasteiger partial charge is 0.506 e. The van der Waals surface area contributed by atoms with E-state index in [1.54, 1.807) is 27.4 Å². The van der Waals surface area contributed by atoms with E-state index in [0.29, 0.717) is 150 Å². The molecule has 17 nitrogen and oxygen atoms in total. The molecule has 442 valence electrons. The molecular weight excluding hydrogens is 1100 g/mol. The molecule has 2 fully saturated rings. The van der Waals surface area contributed by atoms with Crippen molar-refractivity contribution in [2.75, 3.05) is 105 Å². The van der Waals surface area contributed by atoms with Crippen LogP contribution in [0.25, 0.3) is 49.2 Å². The lowest BCUT2D eigenvalue weighted by Gasteiger charge is -2.38. The third-order valence-electron chi connectivity index (χ3n) is 17.4. The third kappa shape index (κ3) is 12.0. The fourth-order valence-corrected chi connectivity index (χ4v) is 12.8. The number of carbonyl (C=O) groups is 3. The highest BCUT2D eigenvalue weighted by molar-refractivity contribution is 9.10. The molecule has 1 unspecified atom stereocenters. The minimum Gasteiger partial charge on any atom is -0.506 e. The van der Waals surface area contributed by atoms with Gasteiger partial charge in [-0.1, -0.05) is 11.6 Å². The van der Waals surface area contributed by atoms with E-state index in [4.69, 9.17) is 33.2 Å². The van der Waals surface area contributed by atoms with Gasteiger partial charge in [-0.15, -0.1) is 0 Å². The molecule has 1 aliphatic carbocycles. The molecular formula is C63H85BrN4O13. The number of fused-ring (bicyclic) bond motifs is 1. The van der Waals surface area contributed by atoms with E-state index in [1.807, 2.05) is 78.2 Å². The Bertz CT molecular complexity index is 3360. The van der Waals surface area contributed by atoms with Crippen molar-refractivity contribution < 1.29 is 52.6 Å². The number of nitrogens with one attached hydrogen (secondary N) is 2. The zero-order valence-electron chi connectivity index (χ0n) is 50.3. The number of carbonyl (C=O) groups excluding carboxylic acids is 3. The number of methoxy groups -OCH3 is 5. The Hall–Kier alpha value is -5.53. The van der Waals surface area contributed by atoms with Gasteiger partial charge in [-0.3, -0.25) is 24.0 Å². The van der Waals surface area contributed by atoms with Gasteiger partial charge in [-0.2, -0.15) is 0 Å². The molecule has 18 heteroatoms. The average molecular weight is 1190 g/mol. The number of amides is 2. The van der Waals surface area contributed by atoms with Gasteiger partial charge in [0.1, 0.15) is 27.5 Å². The standard InChI is InChI=1S/C63H85BrN4O13/c1-34-28-38-43-46-48-44(56(73)58(78-14)49(46)42(34)35(2)69)39(65-30-36-19-25-68(26-20-36)59(74)60(3,4)32-80-62(7,8)22-27-75-11)29-40(76-12)45(48)50-47(43)51(54(71)52(64)57(50)77-13)55(72)53(38)66-31-37-17-23-67(24-18-37)41(70)16-21-61(5,6)81-33-63(9,10)79-15/h28-29,36-37,42,65-66,71H,16-27,30-33H2,1-15H3. The van der Waals surface area contributed by atoms with Crippen LogP contribution in [0.5, 0.6) is 23.0 Å². The highest BCUT2D eigenvalue weighted by atomic mass is 79.9. The van der Waals surface area contributed by atoms with Crippen LogP contribution in [0.1, 0.15) is 131 Å². The van der Waals surface area contributed by atoms with Crippen LogP contribution in [0.15, 0.2) is 25.7 Å². The van der Waals surface area contributed by atoms with E-state index in [-0.39, 0.29) is 68.8 Å². The summed E-state index contributed by atoms with van der Waals surface area (Å²) in [6.07, 6.45) is 6.30. The lowest BCUT2D eigenvalue weighted by Crippen LogP contribution is -2.48. The highest BCUT2D eigenvalue weighted by Gasteiger charge is 2.40. The molecule has 0 saturated carbocycles. The zero-order chi connectivity index (χ0) is 59.3.